The summed E-state index contributed by atoms with van der Waals surface area (Å²) in [6.45, 7) is 6.21. The molecule has 1 unspecified atom stereocenters. The van der Waals surface area contributed by atoms with Gasteiger partial charge in [-0.05, 0) is 64.7 Å². The smallest absolute Gasteiger partial charge is 0.0208 e. The third kappa shape index (κ3) is 1.82. The van der Waals surface area contributed by atoms with Gasteiger partial charge in [-0.2, -0.15) is 0 Å². The summed E-state index contributed by atoms with van der Waals surface area (Å²) in [7, 11) is 2.25. The van der Waals surface area contributed by atoms with Crippen LogP contribution in [-0.2, 0) is 0 Å². The molecule has 82 valence electrons. The maximum atomic E-state index is 3.79. The molecule has 1 N–H and O–H groups in total. The van der Waals surface area contributed by atoms with Crippen molar-refractivity contribution in [3.8, 4) is 0 Å². The van der Waals surface area contributed by atoms with Crippen LogP contribution in [0.4, 0.5) is 0 Å². The highest BCUT2D eigenvalue weighted by atomic mass is 15.1. The molecule has 1 atom stereocenters. The summed E-state index contributed by atoms with van der Waals surface area (Å²) >= 11 is 0. The Morgan fingerprint density at radius 3 is 2.57 bits per heavy atom. The van der Waals surface area contributed by atoms with Gasteiger partial charge in [0.05, 0.1) is 0 Å². The number of nitrogens with zero attached hydrogens (tertiary/aromatic N) is 1. The predicted molar refractivity (Wildman–Crippen MR) is 60.5 cm³/mol. The molecule has 0 aromatic rings. The van der Waals surface area contributed by atoms with Crippen molar-refractivity contribution in [1.82, 2.24) is 10.2 Å². The summed E-state index contributed by atoms with van der Waals surface area (Å²) in [5, 5.41) is 3.79. The van der Waals surface area contributed by atoms with Crippen molar-refractivity contribution in [2.24, 2.45) is 5.92 Å². The summed E-state index contributed by atoms with van der Waals surface area (Å²) in [6, 6.07) is 0. The normalized spacial score (nSPS) is 36.4. The van der Waals surface area contributed by atoms with E-state index in [0.717, 1.165) is 5.92 Å². The van der Waals surface area contributed by atoms with E-state index in [-0.39, 0.29) is 0 Å². The summed E-state index contributed by atoms with van der Waals surface area (Å²) in [6.07, 6.45) is 6.92. The lowest BCUT2D eigenvalue weighted by molar-refractivity contribution is 0.129. The van der Waals surface area contributed by atoms with Crippen molar-refractivity contribution in [1.29, 1.82) is 0 Å². The van der Waals surface area contributed by atoms with Crippen LogP contribution in [0, 0.1) is 5.92 Å². The van der Waals surface area contributed by atoms with E-state index >= 15 is 0 Å². The predicted octanol–water partition coefficient (Wildman–Crippen LogP) is 1.86. The van der Waals surface area contributed by atoms with Crippen LogP contribution in [0.1, 0.15) is 39.0 Å². The van der Waals surface area contributed by atoms with Gasteiger partial charge in [0.15, 0.2) is 0 Å². The second-order valence-electron chi connectivity index (χ2n) is 5.12. The summed E-state index contributed by atoms with van der Waals surface area (Å²) < 4.78 is 0. The molecule has 2 fully saturated rings. The molecule has 0 bridgehead atoms. The Hall–Kier alpha value is -0.0800. The first kappa shape index (κ1) is 10.4. The van der Waals surface area contributed by atoms with E-state index in [9.17, 15) is 0 Å². The molecule has 2 saturated heterocycles. The van der Waals surface area contributed by atoms with Crippen LogP contribution < -0.4 is 5.32 Å². The molecule has 0 spiro atoms. The molecule has 0 aromatic carbocycles. The highest BCUT2D eigenvalue weighted by Crippen LogP contribution is 2.36. The van der Waals surface area contributed by atoms with Crippen LogP contribution in [0.2, 0.25) is 0 Å². The van der Waals surface area contributed by atoms with Gasteiger partial charge in [-0.1, -0.05) is 6.92 Å². The van der Waals surface area contributed by atoms with Gasteiger partial charge in [0.25, 0.3) is 0 Å². The second kappa shape index (κ2) is 4.19. The molecule has 2 heteroatoms. The molecule has 2 aliphatic rings. The van der Waals surface area contributed by atoms with Gasteiger partial charge >= 0.3 is 0 Å². The monoisotopic (exact) mass is 196 g/mol. The standard InChI is InChI=1S/C12H24N2/c1-3-12(7-4-8-13-12)11-5-9-14(2)10-6-11/h11,13H,3-10H2,1-2H3. The average molecular weight is 196 g/mol. The largest absolute Gasteiger partial charge is 0.311 e. The number of hydrogen-bond acceptors (Lipinski definition) is 2. The van der Waals surface area contributed by atoms with E-state index in [4.69, 9.17) is 0 Å². The lowest BCUT2D eigenvalue weighted by Crippen LogP contribution is -2.50. The van der Waals surface area contributed by atoms with E-state index < -0.39 is 0 Å². The Bertz CT molecular complexity index is 177. The molecule has 0 saturated carbocycles. The van der Waals surface area contributed by atoms with E-state index in [0.29, 0.717) is 5.54 Å². The summed E-state index contributed by atoms with van der Waals surface area (Å²) in [5.74, 6) is 0.936. The van der Waals surface area contributed by atoms with Crippen LogP contribution >= 0.6 is 0 Å². The highest BCUT2D eigenvalue weighted by molar-refractivity contribution is 4.98. The fourth-order valence-corrected chi connectivity index (χ4v) is 3.33. The Balaban J connectivity index is 1.98. The fraction of sp³-hybridized carbons (Fsp3) is 1.00. The number of nitrogens with one attached hydrogen (secondary N) is 1. The molecule has 2 rings (SSSR count). The fourth-order valence-electron chi connectivity index (χ4n) is 3.33. The van der Waals surface area contributed by atoms with Gasteiger partial charge in [-0.15, -0.1) is 0 Å². The van der Waals surface area contributed by atoms with Gasteiger partial charge in [0.1, 0.15) is 0 Å². The number of rotatable bonds is 2. The zero-order valence-electron chi connectivity index (χ0n) is 9.68. The average Bonchev–Trinajstić information content (AvgIpc) is 2.68. The SMILES string of the molecule is CCC1(C2CCN(C)CC2)CCCN1. The first-order chi connectivity index (χ1) is 6.77. The zero-order chi connectivity index (χ0) is 10.0. The Morgan fingerprint density at radius 2 is 2.07 bits per heavy atom. The molecular formula is C12H24N2. The maximum Gasteiger partial charge on any atom is 0.0208 e. The lowest BCUT2D eigenvalue weighted by Gasteiger charge is -2.41. The van der Waals surface area contributed by atoms with Crippen molar-refractivity contribution < 1.29 is 0 Å². The summed E-state index contributed by atoms with van der Waals surface area (Å²) in [5.41, 5.74) is 0.515. The van der Waals surface area contributed by atoms with Crippen LogP contribution in [0.5, 0.6) is 0 Å². The molecule has 0 radical (unpaired) electrons. The molecule has 2 heterocycles. The van der Waals surface area contributed by atoms with Crippen LogP contribution in [-0.4, -0.2) is 37.1 Å². The Kier molecular flexibility index (Phi) is 3.13. The van der Waals surface area contributed by atoms with Gasteiger partial charge in [-0.25, -0.2) is 0 Å². The summed E-state index contributed by atoms with van der Waals surface area (Å²) in [4.78, 5) is 2.47. The van der Waals surface area contributed by atoms with Crippen LogP contribution in [0.25, 0.3) is 0 Å². The molecular weight excluding hydrogens is 172 g/mol. The quantitative estimate of drug-likeness (QED) is 0.725. The van der Waals surface area contributed by atoms with E-state index in [1.807, 2.05) is 0 Å². The third-order valence-corrected chi connectivity index (χ3v) is 4.41. The second-order valence-corrected chi connectivity index (χ2v) is 5.12. The molecule has 2 nitrogen and oxygen atoms in total. The van der Waals surface area contributed by atoms with Crippen molar-refractivity contribution in [3.05, 3.63) is 0 Å². The number of piperidine rings is 1. The highest BCUT2D eigenvalue weighted by Gasteiger charge is 2.40. The third-order valence-electron chi connectivity index (χ3n) is 4.41. The first-order valence-electron chi connectivity index (χ1n) is 6.20. The first-order valence-corrected chi connectivity index (χ1v) is 6.20. The van der Waals surface area contributed by atoms with E-state index in [1.54, 1.807) is 0 Å². The number of hydrogen-bond donors (Lipinski definition) is 1. The van der Waals surface area contributed by atoms with Gasteiger partial charge < -0.3 is 10.2 Å². The van der Waals surface area contributed by atoms with Crippen molar-refractivity contribution >= 4 is 0 Å². The van der Waals surface area contributed by atoms with Gasteiger partial charge in [-0.3, -0.25) is 0 Å². The molecule has 0 amide bonds. The molecule has 14 heavy (non-hydrogen) atoms. The topological polar surface area (TPSA) is 15.3 Å². The minimum absolute atomic E-state index is 0.515. The van der Waals surface area contributed by atoms with E-state index in [1.165, 1.54) is 51.7 Å². The van der Waals surface area contributed by atoms with Gasteiger partial charge in [0.2, 0.25) is 0 Å². The number of likely N-dealkylation sites (tertiary alicyclic amines) is 1. The minimum Gasteiger partial charge on any atom is -0.311 e. The molecule has 0 aromatic heterocycles. The maximum absolute atomic E-state index is 3.79. The Morgan fingerprint density at radius 1 is 1.36 bits per heavy atom. The Labute approximate surface area is 88.1 Å². The van der Waals surface area contributed by atoms with Crippen molar-refractivity contribution in [3.63, 3.8) is 0 Å². The molecule has 2 aliphatic heterocycles. The van der Waals surface area contributed by atoms with E-state index in [2.05, 4.69) is 24.2 Å². The molecule has 0 aliphatic carbocycles. The van der Waals surface area contributed by atoms with Crippen molar-refractivity contribution in [2.75, 3.05) is 26.7 Å². The van der Waals surface area contributed by atoms with Crippen LogP contribution in [0.15, 0.2) is 0 Å². The lowest BCUT2D eigenvalue weighted by atomic mass is 9.75. The zero-order valence-corrected chi connectivity index (χ0v) is 9.68. The minimum atomic E-state index is 0.515. The van der Waals surface area contributed by atoms with Gasteiger partial charge in [0, 0.05) is 5.54 Å². The van der Waals surface area contributed by atoms with Crippen molar-refractivity contribution in [2.45, 2.75) is 44.6 Å². The van der Waals surface area contributed by atoms with Crippen LogP contribution in [0.3, 0.4) is 0 Å².